The lowest BCUT2D eigenvalue weighted by Crippen LogP contribution is -2.06. The number of halogens is 2. The summed E-state index contributed by atoms with van der Waals surface area (Å²) in [6.07, 6.45) is -0.0374. The third kappa shape index (κ3) is 2.68. The molecule has 0 atom stereocenters. The van der Waals surface area contributed by atoms with Crippen LogP contribution in [-0.4, -0.2) is 11.2 Å². The van der Waals surface area contributed by atoms with E-state index >= 15 is 0 Å². The second-order valence-electron chi connectivity index (χ2n) is 2.90. The van der Waals surface area contributed by atoms with E-state index in [0.717, 1.165) is 0 Å². The lowest BCUT2D eigenvalue weighted by Gasteiger charge is -2.12. The number of aromatic hydroxyl groups is 1. The maximum atomic E-state index is 9.43. The first-order chi connectivity index (χ1) is 6.00. The topological polar surface area (TPSA) is 29.5 Å². The fourth-order valence-electron chi connectivity index (χ4n) is 0.899. The summed E-state index contributed by atoms with van der Waals surface area (Å²) in [4.78, 5) is 0. The highest BCUT2D eigenvalue weighted by molar-refractivity contribution is 6.35. The summed E-state index contributed by atoms with van der Waals surface area (Å²) in [5.41, 5.74) is 0. The Bertz CT molecular complexity index is 287. The molecule has 0 heterocycles. The molecule has 0 unspecified atom stereocenters. The van der Waals surface area contributed by atoms with Crippen LogP contribution in [0.25, 0.3) is 0 Å². The Hall–Kier alpha value is -0.600. The van der Waals surface area contributed by atoms with Crippen molar-refractivity contribution in [2.24, 2.45) is 0 Å². The van der Waals surface area contributed by atoms with E-state index in [-0.39, 0.29) is 17.6 Å². The van der Waals surface area contributed by atoms with Crippen molar-refractivity contribution in [2.75, 3.05) is 0 Å². The maximum Gasteiger partial charge on any atom is 0.179 e. The van der Waals surface area contributed by atoms with Gasteiger partial charge in [0.2, 0.25) is 0 Å². The molecule has 0 aliphatic carbocycles. The second kappa shape index (κ2) is 4.07. The minimum absolute atomic E-state index is 0.0359. The van der Waals surface area contributed by atoms with Gasteiger partial charge in [-0.05, 0) is 19.9 Å². The Labute approximate surface area is 87.0 Å². The van der Waals surface area contributed by atoms with E-state index in [2.05, 4.69) is 0 Å². The molecule has 1 N–H and O–H groups in total. The molecule has 4 heteroatoms. The predicted molar refractivity (Wildman–Crippen MR) is 53.9 cm³/mol. The number of phenolic OH excluding ortho intramolecular Hbond substituents is 1. The zero-order chi connectivity index (χ0) is 10.0. The zero-order valence-electron chi connectivity index (χ0n) is 7.34. The number of phenols is 1. The molecule has 72 valence electrons. The van der Waals surface area contributed by atoms with E-state index in [1.165, 1.54) is 12.1 Å². The molecular formula is C9H10Cl2O2. The Kier molecular flexibility index (Phi) is 3.28. The third-order valence-corrected chi connectivity index (χ3v) is 1.84. The fraction of sp³-hybridized carbons (Fsp3) is 0.333. The summed E-state index contributed by atoms with van der Waals surface area (Å²) < 4.78 is 5.29. The molecule has 0 radical (unpaired) electrons. The Balaban J connectivity index is 3.06. The van der Waals surface area contributed by atoms with Gasteiger partial charge in [0.15, 0.2) is 11.5 Å². The van der Waals surface area contributed by atoms with Crippen LogP contribution in [0.1, 0.15) is 13.8 Å². The minimum Gasteiger partial charge on any atom is -0.504 e. The molecule has 0 aliphatic heterocycles. The van der Waals surface area contributed by atoms with Crippen molar-refractivity contribution >= 4 is 23.2 Å². The van der Waals surface area contributed by atoms with Crippen LogP contribution in [0.5, 0.6) is 11.5 Å². The summed E-state index contributed by atoms with van der Waals surface area (Å²) in [6, 6.07) is 2.92. The van der Waals surface area contributed by atoms with Crippen LogP contribution >= 0.6 is 23.2 Å². The van der Waals surface area contributed by atoms with Crippen LogP contribution in [0.4, 0.5) is 0 Å². The second-order valence-corrected chi connectivity index (χ2v) is 3.75. The maximum absolute atomic E-state index is 9.43. The van der Waals surface area contributed by atoms with E-state index in [1.807, 2.05) is 13.8 Å². The quantitative estimate of drug-likeness (QED) is 0.828. The summed E-state index contributed by atoms with van der Waals surface area (Å²) in [6.45, 7) is 3.70. The van der Waals surface area contributed by atoms with E-state index in [1.54, 1.807) is 0 Å². The SMILES string of the molecule is CC(C)Oc1c(O)cc(Cl)cc1Cl. The Morgan fingerprint density at radius 2 is 1.92 bits per heavy atom. The van der Waals surface area contributed by atoms with Crippen molar-refractivity contribution in [3.8, 4) is 11.5 Å². The van der Waals surface area contributed by atoms with Gasteiger partial charge in [-0.3, -0.25) is 0 Å². The average Bonchev–Trinajstić information content (AvgIpc) is 1.96. The van der Waals surface area contributed by atoms with Crippen LogP contribution in [0, 0.1) is 0 Å². The molecule has 0 saturated carbocycles. The number of hydrogen-bond acceptors (Lipinski definition) is 2. The standard InChI is InChI=1S/C9H10Cl2O2/c1-5(2)13-9-7(11)3-6(10)4-8(9)12/h3-5,12H,1-2H3. The molecule has 0 spiro atoms. The van der Waals surface area contributed by atoms with Gasteiger partial charge >= 0.3 is 0 Å². The summed E-state index contributed by atoms with van der Waals surface area (Å²) in [5, 5.41) is 10.1. The van der Waals surface area contributed by atoms with Gasteiger partial charge in [0.25, 0.3) is 0 Å². The zero-order valence-corrected chi connectivity index (χ0v) is 8.86. The summed E-state index contributed by atoms with van der Waals surface area (Å²) in [5.74, 6) is 0.243. The summed E-state index contributed by atoms with van der Waals surface area (Å²) >= 11 is 11.5. The van der Waals surface area contributed by atoms with Gasteiger partial charge in [-0.2, -0.15) is 0 Å². The van der Waals surface area contributed by atoms with Crippen LogP contribution in [0.3, 0.4) is 0 Å². The van der Waals surface area contributed by atoms with Crippen molar-refractivity contribution < 1.29 is 9.84 Å². The summed E-state index contributed by atoms with van der Waals surface area (Å²) in [7, 11) is 0. The van der Waals surface area contributed by atoms with Gasteiger partial charge in [0.1, 0.15) is 0 Å². The molecule has 0 fully saturated rings. The van der Waals surface area contributed by atoms with E-state index in [4.69, 9.17) is 27.9 Å². The van der Waals surface area contributed by atoms with Gasteiger partial charge in [-0.25, -0.2) is 0 Å². The van der Waals surface area contributed by atoms with Crippen LogP contribution < -0.4 is 4.74 Å². The Morgan fingerprint density at radius 3 is 2.38 bits per heavy atom. The minimum atomic E-state index is -0.0374. The number of rotatable bonds is 2. The first-order valence-corrected chi connectivity index (χ1v) is 4.61. The van der Waals surface area contributed by atoms with Gasteiger partial charge in [0.05, 0.1) is 11.1 Å². The van der Waals surface area contributed by atoms with Crippen molar-refractivity contribution in [1.82, 2.24) is 0 Å². The first kappa shape index (κ1) is 10.5. The number of hydrogen-bond donors (Lipinski definition) is 1. The van der Waals surface area contributed by atoms with Gasteiger partial charge in [-0.1, -0.05) is 23.2 Å². The number of benzene rings is 1. The normalized spacial score (nSPS) is 10.5. The van der Waals surface area contributed by atoms with Crippen LogP contribution in [0.2, 0.25) is 10.0 Å². The Morgan fingerprint density at radius 1 is 1.31 bits per heavy atom. The van der Waals surface area contributed by atoms with Crippen molar-refractivity contribution in [1.29, 1.82) is 0 Å². The molecule has 13 heavy (non-hydrogen) atoms. The fourth-order valence-corrected chi connectivity index (χ4v) is 1.43. The molecule has 0 saturated heterocycles. The van der Waals surface area contributed by atoms with E-state index in [0.29, 0.717) is 10.0 Å². The smallest absolute Gasteiger partial charge is 0.179 e. The van der Waals surface area contributed by atoms with Crippen LogP contribution in [-0.2, 0) is 0 Å². The number of ether oxygens (including phenoxy) is 1. The van der Waals surface area contributed by atoms with Crippen molar-refractivity contribution in [3.05, 3.63) is 22.2 Å². The highest BCUT2D eigenvalue weighted by Crippen LogP contribution is 2.37. The lowest BCUT2D eigenvalue weighted by atomic mass is 10.3. The van der Waals surface area contributed by atoms with Crippen molar-refractivity contribution in [3.63, 3.8) is 0 Å². The molecule has 1 rings (SSSR count). The first-order valence-electron chi connectivity index (χ1n) is 3.85. The highest BCUT2D eigenvalue weighted by Gasteiger charge is 2.10. The largest absolute Gasteiger partial charge is 0.504 e. The molecule has 0 amide bonds. The van der Waals surface area contributed by atoms with Crippen LogP contribution in [0.15, 0.2) is 12.1 Å². The average molecular weight is 221 g/mol. The van der Waals surface area contributed by atoms with E-state index < -0.39 is 0 Å². The van der Waals surface area contributed by atoms with Crippen molar-refractivity contribution in [2.45, 2.75) is 20.0 Å². The molecule has 1 aromatic carbocycles. The monoisotopic (exact) mass is 220 g/mol. The highest BCUT2D eigenvalue weighted by atomic mass is 35.5. The van der Waals surface area contributed by atoms with Gasteiger partial charge in [-0.15, -0.1) is 0 Å². The molecule has 1 aromatic rings. The van der Waals surface area contributed by atoms with E-state index in [9.17, 15) is 5.11 Å². The van der Waals surface area contributed by atoms with Gasteiger partial charge in [0, 0.05) is 11.1 Å². The third-order valence-electron chi connectivity index (χ3n) is 1.34. The molecule has 2 nitrogen and oxygen atoms in total. The molecule has 0 aliphatic rings. The molecular weight excluding hydrogens is 211 g/mol. The van der Waals surface area contributed by atoms with Gasteiger partial charge < -0.3 is 9.84 Å². The molecule has 0 aromatic heterocycles. The lowest BCUT2D eigenvalue weighted by molar-refractivity contribution is 0.232. The molecule has 0 bridgehead atoms. The predicted octanol–water partition coefficient (Wildman–Crippen LogP) is 3.49.